The monoisotopic (exact) mass is 398 g/mol. The second-order valence-corrected chi connectivity index (χ2v) is 9.42. The molecule has 0 saturated carbocycles. The number of sulfone groups is 1. The SMILES string of the molecule is CS(=O)(=O)c1ccccc1C(=O)Nc1nc(-c2ccc(Cl)s2)cs1. The highest BCUT2D eigenvalue weighted by molar-refractivity contribution is 7.90. The van der Waals surface area contributed by atoms with Crippen LogP contribution in [0.4, 0.5) is 5.13 Å². The minimum Gasteiger partial charge on any atom is -0.298 e. The van der Waals surface area contributed by atoms with Crippen LogP contribution in [0.25, 0.3) is 10.6 Å². The summed E-state index contributed by atoms with van der Waals surface area (Å²) in [5.41, 5.74) is 0.805. The topological polar surface area (TPSA) is 76.1 Å². The molecule has 0 bridgehead atoms. The van der Waals surface area contributed by atoms with Gasteiger partial charge in [0.05, 0.1) is 25.4 Å². The number of hydrogen-bond acceptors (Lipinski definition) is 6. The number of benzene rings is 1. The Hall–Kier alpha value is -1.74. The van der Waals surface area contributed by atoms with Gasteiger partial charge in [0.15, 0.2) is 15.0 Å². The van der Waals surface area contributed by atoms with Gasteiger partial charge in [-0.25, -0.2) is 13.4 Å². The van der Waals surface area contributed by atoms with Crippen LogP contribution in [-0.4, -0.2) is 25.6 Å². The van der Waals surface area contributed by atoms with Crippen molar-refractivity contribution in [3.8, 4) is 10.6 Å². The molecule has 2 aromatic heterocycles. The lowest BCUT2D eigenvalue weighted by molar-refractivity contribution is 0.102. The molecule has 0 spiro atoms. The zero-order valence-electron chi connectivity index (χ0n) is 12.3. The number of rotatable bonds is 4. The molecule has 0 fully saturated rings. The Labute approximate surface area is 151 Å². The molecule has 2 heterocycles. The van der Waals surface area contributed by atoms with Gasteiger partial charge >= 0.3 is 0 Å². The first-order valence-corrected chi connectivity index (χ1v) is 10.6. The van der Waals surface area contributed by atoms with Crippen LogP contribution in [0.1, 0.15) is 10.4 Å². The molecule has 0 atom stereocenters. The number of carbonyl (C=O) groups is 1. The van der Waals surface area contributed by atoms with Crippen LogP contribution in [0.3, 0.4) is 0 Å². The van der Waals surface area contributed by atoms with Gasteiger partial charge in [0, 0.05) is 11.6 Å². The van der Waals surface area contributed by atoms with Crippen molar-refractivity contribution in [2.24, 2.45) is 0 Å². The van der Waals surface area contributed by atoms with E-state index in [1.54, 1.807) is 23.6 Å². The first kappa shape index (κ1) is 17.1. The fraction of sp³-hybridized carbons (Fsp3) is 0.0667. The van der Waals surface area contributed by atoms with Crippen LogP contribution in [0.5, 0.6) is 0 Å². The molecule has 0 aliphatic rings. The number of carbonyl (C=O) groups excluding carboxylic acids is 1. The van der Waals surface area contributed by atoms with Crippen molar-refractivity contribution in [2.45, 2.75) is 4.90 Å². The van der Waals surface area contributed by atoms with Crippen molar-refractivity contribution in [2.75, 3.05) is 11.6 Å². The van der Waals surface area contributed by atoms with E-state index in [0.717, 1.165) is 11.1 Å². The number of nitrogens with zero attached hydrogens (tertiary/aromatic N) is 1. The average Bonchev–Trinajstić information content (AvgIpc) is 3.15. The molecule has 1 N–H and O–H groups in total. The lowest BCUT2D eigenvalue weighted by atomic mass is 10.2. The third-order valence-corrected chi connectivity index (χ3v) is 6.25. The first-order chi connectivity index (χ1) is 11.3. The molecule has 0 aliphatic heterocycles. The molecule has 124 valence electrons. The third kappa shape index (κ3) is 3.67. The minimum absolute atomic E-state index is 0.00989. The molecule has 5 nitrogen and oxygen atoms in total. The van der Waals surface area contributed by atoms with E-state index < -0.39 is 15.7 Å². The van der Waals surface area contributed by atoms with E-state index in [1.807, 2.05) is 6.07 Å². The summed E-state index contributed by atoms with van der Waals surface area (Å²) in [6, 6.07) is 9.71. The first-order valence-electron chi connectivity index (χ1n) is 6.66. The Balaban J connectivity index is 1.85. The van der Waals surface area contributed by atoms with Crippen molar-refractivity contribution >= 4 is 55.2 Å². The van der Waals surface area contributed by atoms with E-state index in [4.69, 9.17) is 11.6 Å². The van der Waals surface area contributed by atoms with E-state index >= 15 is 0 Å². The Morgan fingerprint density at radius 1 is 1.21 bits per heavy atom. The zero-order chi connectivity index (χ0) is 17.3. The molecule has 0 saturated heterocycles. The van der Waals surface area contributed by atoms with E-state index in [2.05, 4.69) is 10.3 Å². The molecular formula is C15H11ClN2O3S3. The number of thiazole rings is 1. The fourth-order valence-electron chi connectivity index (χ4n) is 2.04. The van der Waals surface area contributed by atoms with Gasteiger partial charge < -0.3 is 0 Å². The maximum Gasteiger partial charge on any atom is 0.258 e. The second-order valence-electron chi connectivity index (χ2n) is 4.86. The quantitative estimate of drug-likeness (QED) is 0.715. The molecule has 0 radical (unpaired) electrons. The van der Waals surface area contributed by atoms with Crippen molar-refractivity contribution in [3.05, 3.63) is 51.7 Å². The highest BCUT2D eigenvalue weighted by atomic mass is 35.5. The van der Waals surface area contributed by atoms with Crippen LogP contribution in [0, 0.1) is 0 Å². The Kier molecular flexibility index (Phi) is 4.73. The summed E-state index contributed by atoms with van der Waals surface area (Å²) >= 11 is 8.56. The van der Waals surface area contributed by atoms with E-state index in [-0.39, 0.29) is 10.5 Å². The van der Waals surface area contributed by atoms with Crippen LogP contribution in [0.15, 0.2) is 46.7 Å². The molecule has 3 aromatic rings. The van der Waals surface area contributed by atoms with E-state index in [0.29, 0.717) is 15.2 Å². The predicted molar refractivity (Wildman–Crippen MR) is 97.9 cm³/mol. The zero-order valence-corrected chi connectivity index (χ0v) is 15.5. The summed E-state index contributed by atoms with van der Waals surface area (Å²) < 4.78 is 24.3. The minimum atomic E-state index is -3.50. The van der Waals surface area contributed by atoms with Gasteiger partial charge in [0.2, 0.25) is 0 Å². The Morgan fingerprint density at radius 3 is 2.62 bits per heavy atom. The molecule has 0 unspecified atom stereocenters. The maximum absolute atomic E-state index is 12.4. The predicted octanol–water partition coefficient (Wildman–Crippen LogP) is 4.18. The number of halogens is 1. The molecule has 1 aromatic carbocycles. The smallest absolute Gasteiger partial charge is 0.258 e. The lowest BCUT2D eigenvalue weighted by Crippen LogP contribution is -2.15. The summed E-state index contributed by atoms with van der Waals surface area (Å²) in [4.78, 5) is 17.6. The van der Waals surface area contributed by atoms with Crippen molar-refractivity contribution in [1.82, 2.24) is 4.98 Å². The second kappa shape index (κ2) is 6.64. The van der Waals surface area contributed by atoms with Gasteiger partial charge in [-0.15, -0.1) is 22.7 Å². The molecule has 0 aliphatic carbocycles. The summed E-state index contributed by atoms with van der Waals surface area (Å²) in [6.07, 6.45) is 1.07. The molecule has 9 heteroatoms. The lowest BCUT2D eigenvalue weighted by Gasteiger charge is -2.06. The standard InChI is InChI=1S/C15H11ClN2O3S3/c1-24(20,21)12-5-3-2-4-9(12)14(19)18-15-17-10(8-22-15)11-6-7-13(16)23-11/h2-8H,1H3,(H,17,18,19). The van der Waals surface area contributed by atoms with Gasteiger partial charge in [-0.3, -0.25) is 10.1 Å². The summed E-state index contributed by atoms with van der Waals surface area (Å²) in [6.45, 7) is 0. The van der Waals surface area contributed by atoms with Crippen LogP contribution in [-0.2, 0) is 9.84 Å². The third-order valence-electron chi connectivity index (χ3n) is 3.08. The van der Waals surface area contributed by atoms with Crippen molar-refractivity contribution in [1.29, 1.82) is 0 Å². The number of aromatic nitrogens is 1. The highest BCUT2D eigenvalue weighted by Gasteiger charge is 2.19. The normalized spacial score (nSPS) is 11.4. The van der Waals surface area contributed by atoms with Gasteiger partial charge in [-0.2, -0.15) is 0 Å². The summed E-state index contributed by atoms with van der Waals surface area (Å²) in [5, 5.41) is 4.84. The van der Waals surface area contributed by atoms with Crippen molar-refractivity contribution in [3.63, 3.8) is 0 Å². The highest BCUT2D eigenvalue weighted by Crippen LogP contribution is 2.33. The molecule has 24 heavy (non-hydrogen) atoms. The van der Waals surface area contributed by atoms with Crippen LogP contribution in [0.2, 0.25) is 4.34 Å². The van der Waals surface area contributed by atoms with Gasteiger partial charge in [0.25, 0.3) is 5.91 Å². The number of thiophene rings is 1. The fourth-order valence-corrected chi connectivity index (χ4v) is 4.71. The molecule has 3 rings (SSSR count). The number of amides is 1. The molecular weight excluding hydrogens is 388 g/mol. The van der Waals surface area contributed by atoms with Crippen molar-refractivity contribution < 1.29 is 13.2 Å². The number of hydrogen-bond donors (Lipinski definition) is 1. The summed E-state index contributed by atoms with van der Waals surface area (Å²) in [5.74, 6) is -0.513. The van der Waals surface area contributed by atoms with Gasteiger partial charge in [0.1, 0.15) is 0 Å². The van der Waals surface area contributed by atoms with Gasteiger partial charge in [-0.05, 0) is 24.3 Å². The summed E-state index contributed by atoms with van der Waals surface area (Å²) in [7, 11) is -3.50. The van der Waals surface area contributed by atoms with E-state index in [1.165, 1.54) is 34.8 Å². The van der Waals surface area contributed by atoms with E-state index in [9.17, 15) is 13.2 Å². The van der Waals surface area contributed by atoms with Crippen LogP contribution < -0.4 is 5.32 Å². The Bertz CT molecular complexity index is 1010. The average molecular weight is 399 g/mol. The molecule has 1 amide bonds. The largest absolute Gasteiger partial charge is 0.298 e. The Morgan fingerprint density at radius 2 is 1.96 bits per heavy atom. The van der Waals surface area contributed by atoms with Gasteiger partial charge in [-0.1, -0.05) is 23.7 Å². The van der Waals surface area contributed by atoms with Crippen LogP contribution >= 0.6 is 34.3 Å². The number of anilines is 1. The maximum atomic E-state index is 12.4. The number of nitrogens with one attached hydrogen (secondary N) is 1.